The van der Waals surface area contributed by atoms with Gasteiger partial charge in [-0.25, -0.2) is 4.98 Å². The van der Waals surface area contributed by atoms with E-state index in [2.05, 4.69) is 10.3 Å². The van der Waals surface area contributed by atoms with Crippen molar-refractivity contribution in [2.45, 2.75) is 5.66 Å². The van der Waals surface area contributed by atoms with Crippen molar-refractivity contribution in [1.82, 2.24) is 10.3 Å². The fourth-order valence-corrected chi connectivity index (χ4v) is 1.73. The lowest BCUT2D eigenvalue weighted by molar-refractivity contribution is 0.360. The number of nitrogens with zero attached hydrogens (tertiary/aromatic N) is 1. The smallest absolute Gasteiger partial charge is 0.220 e. The number of nitrogens with two attached hydrogens (primary N) is 3. The van der Waals surface area contributed by atoms with Crippen LogP contribution in [-0.2, 0) is 5.66 Å². The summed E-state index contributed by atoms with van der Waals surface area (Å²) in [5.41, 5.74) is 17.9. The van der Waals surface area contributed by atoms with E-state index in [9.17, 15) is 0 Å². The Balaban J connectivity index is 2.52. The molecule has 0 radical (unpaired) electrons. The second-order valence-corrected chi connectivity index (χ2v) is 3.74. The molecular formula is C11H15N5O. The van der Waals surface area contributed by atoms with Crippen LogP contribution in [0, 0.1) is 0 Å². The van der Waals surface area contributed by atoms with E-state index in [1.165, 1.54) is 7.11 Å². The molecule has 1 aliphatic rings. The Morgan fingerprint density at radius 3 is 2.82 bits per heavy atom. The minimum absolute atomic E-state index is 0.411. The molecule has 1 aromatic heterocycles. The van der Waals surface area contributed by atoms with Gasteiger partial charge in [0.1, 0.15) is 0 Å². The van der Waals surface area contributed by atoms with Crippen molar-refractivity contribution in [2.24, 2.45) is 17.2 Å². The summed E-state index contributed by atoms with van der Waals surface area (Å²) in [6, 6.07) is 3.55. The lowest BCUT2D eigenvalue weighted by atomic mass is 9.95. The topological polar surface area (TPSA) is 112 Å². The average Bonchev–Trinajstić information content (AvgIpc) is 2.34. The van der Waals surface area contributed by atoms with Gasteiger partial charge in [0, 0.05) is 6.20 Å². The summed E-state index contributed by atoms with van der Waals surface area (Å²) in [6.07, 6.45) is 4.94. The molecular weight excluding hydrogens is 218 g/mol. The first-order valence-corrected chi connectivity index (χ1v) is 5.08. The third-order valence-corrected chi connectivity index (χ3v) is 2.63. The summed E-state index contributed by atoms with van der Waals surface area (Å²) in [4.78, 5) is 4.09. The molecule has 2 rings (SSSR count). The molecule has 7 N–H and O–H groups in total. The summed E-state index contributed by atoms with van der Waals surface area (Å²) in [7, 11) is 1.52. The Bertz CT molecular complexity index is 496. The number of pyridine rings is 1. The van der Waals surface area contributed by atoms with Gasteiger partial charge in [-0.2, -0.15) is 0 Å². The average molecular weight is 233 g/mol. The molecule has 0 aliphatic carbocycles. The van der Waals surface area contributed by atoms with Gasteiger partial charge in [0.05, 0.1) is 24.2 Å². The summed E-state index contributed by atoms with van der Waals surface area (Å²) in [5.74, 6) is 0.848. The molecule has 0 aromatic carbocycles. The Hall–Kier alpha value is -2.21. The largest absolute Gasteiger partial charge is 0.481 e. The molecule has 1 aromatic rings. The molecule has 0 saturated heterocycles. The van der Waals surface area contributed by atoms with Crippen molar-refractivity contribution in [3.63, 3.8) is 0 Å². The number of ether oxygens (including phenoxy) is 1. The van der Waals surface area contributed by atoms with Gasteiger partial charge >= 0.3 is 0 Å². The molecule has 0 fully saturated rings. The van der Waals surface area contributed by atoms with Crippen LogP contribution in [0.25, 0.3) is 0 Å². The highest BCUT2D eigenvalue weighted by Gasteiger charge is 2.35. The van der Waals surface area contributed by atoms with E-state index in [1.54, 1.807) is 30.5 Å². The summed E-state index contributed by atoms with van der Waals surface area (Å²) in [6.45, 7) is 0. The molecule has 6 heteroatoms. The van der Waals surface area contributed by atoms with E-state index in [0.29, 0.717) is 23.0 Å². The fraction of sp³-hybridized carbons (Fsp3) is 0.182. The Labute approximate surface area is 99.1 Å². The molecule has 0 spiro atoms. The molecule has 90 valence electrons. The van der Waals surface area contributed by atoms with E-state index >= 15 is 0 Å². The number of aromatic nitrogens is 1. The lowest BCUT2D eigenvalue weighted by Gasteiger charge is -2.35. The highest BCUT2D eigenvalue weighted by atomic mass is 16.5. The number of hydrogen-bond acceptors (Lipinski definition) is 6. The summed E-state index contributed by atoms with van der Waals surface area (Å²) in [5, 5.41) is 2.94. The van der Waals surface area contributed by atoms with E-state index in [4.69, 9.17) is 21.9 Å². The zero-order valence-corrected chi connectivity index (χ0v) is 9.47. The van der Waals surface area contributed by atoms with E-state index in [-0.39, 0.29) is 0 Å². The van der Waals surface area contributed by atoms with Crippen molar-refractivity contribution in [3.05, 3.63) is 47.6 Å². The van der Waals surface area contributed by atoms with Crippen molar-refractivity contribution in [2.75, 3.05) is 7.11 Å². The zero-order chi connectivity index (χ0) is 12.5. The minimum atomic E-state index is -1.10. The van der Waals surface area contributed by atoms with Gasteiger partial charge in [-0.1, -0.05) is 0 Å². The first-order chi connectivity index (χ1) is 8.08. The maximum atomic E-state index is 6.25. The molecule has 0 amide bonds. The third kappa shape index (κ3) is 1.78. The SMILES string of the molecule is COc1ncccc1C1(N)NC(N)=CC=C1N. The van der Waals surface area contributed by atoms with Gasteiger partial charge in [0.25, 0.3) is 0 Å². The first-order valence-electron chi connectivity index (χ1n) is 5.08. The lowest BCUT2D eigenvalue weighted by Crippen LogP contribution is -2.56. The molecule has 2 heterocycles. The fourth-order valence-electron chi connectivity index (χ4n) is 1.73. The van der Waals surface area contributed by atoms with Gasteiger partial charge in [-0.15, -0.1) is 0 Å². The van der Waals surface area contributed by atoms with Gasteiger partial charge in [-0.05, 0) is 24.3 Å². The number of methoxy groups -OCH3 is 1. The molecule has 1 unspecified atom stereocenters. The number of dihydropyridines is 1. The predicted octanol–water partition coefficient (Wildman–Crippen LogP) is -0.552. The van der Waals surface area contributed by atoms with Gasteiger partial charge < -0.3 is 21.5 Å². The van der Waals surface area contributed by atoms with Gasteiger partial charge in [0.2, 0.25) is 5.88 Å². The molecule has 17 heavy (non-hydrogen) atoms. The second kappa shape index (κ2) is 3.99. The number of hydrogen-bond donors (Lipinski definition) is 4. The van der Waals surface area contributed by atoms with Crippen LogP contribution in [0.5, 0.6) is 5.88 Å². The maximum Gasteiger partial charge on any atom is 0.220 e. The minimum Gasteiger partial charge on any atom is -0.481 e. The van der Waals surface area contributed by atoms with Crippen LogP contribution in [0.15, 0.2) is 42.0 Å². The second-order valence-electron chi connectivity index (χ2n) is 3.74. The van der Waals surface area contributed by atoms with Crippen LogP contribution in [0.1, 0.15) is 5.56 Å². The Morgan fingerprint density at radius 2 is 2.12 bits per heavy atom. The molecule has 0 bridgehead atoms. The number of allylic oxidation sites excluding steroid dienone is 2. The first kappa shape index (κ1) is 11.3. The van der Waals surface area contributed by atoms with Crippen LogP contribution in [0.4, 0.5) is 0 Å². The van der Waals surface area contributed by atoms with Crippen molar-refractivity contribution in [3.8, 4) is 5.88 Å². The van der Waals surface area contributed by atoms with Crippen LogP contribution in [-0.4, -0.2) is 12.1 Å². The normalized spacial score (nSPS) is 23.4. The quantitative estimate of drug-likeness (QED) is 0.545. The van der Waals surface area contributed by atoms with Gasteiger partial charge in [-0.3, -0.25) is 5.73 Å². The Kier molecular flexibility index (Phi) is 2.64. The van der Waals surface area contributed by atoms with E-state index in [1.807, 2.05) is 0 Å². The van der Waals surface area contributed by atoms with Crippen molar-refractivity contribution < 1.29 is 4.74 Å². The highest BCUT2D eigenvalue weighted by Crippen LogP contribution is 2.29. The van der Waals surface area contributed by atoms with Crippen molar-refractivity contribution >= 4 is 0 Å². The standard InChI is InChI=1S/C11H15N5O/c1-17-10-7(3-2-6-15-10)11(14)8(12)4-5-9(13)16-11/h2-6,16H,12-14H2,1H3. The zero-order valence-electron chi connectivity index (χ0n) is 9.47. The molecule has 0 saturated carbocycles. The molecule has 1 atom stereocenters. The monoisotopic (exact) mass is 233 g/mol. The number of rotatable bonds is 2. The summed E-state index contributed by atoms with van der Waals surface area (Å²) >= 11 is 0. The van der Waals surface area contributed by atoms with Crippen LogP contribution in [0.2, 0.25) is 0 Å². The van der Waals surface area contributed by atoms with Crippen LogP contribution in [0.3, 0.4) is 0 Å². The molecule has 1 aliphatic heterocycles. The highest BCUT2D eigenvalue weighted by molar-refractivity contribution is 5.43. The molecule has 6 nitrogen and oxygen atoms in total. The van der Waals surface area contributed by atoms with E-state index < -0.39 is 5.66 Å². The maximum absolute atomic E-state index is 6.25. The van der Waals surface area contributed by atoms with E-state index in [0.717, 1.165) is 0 Å². The van der Waals surface area contributed by atoms with Crippen molar-refractivity contribution in [1.29, 1.82) is 0 Å². The number of nitrogens with one attached hydrogen (secondary N) is 1. The Morgan fingerprint density at radius 1 is 1.35 bits per heavy atom. The van der Waals surface area contributed by atoms with Crippen LogP contribution < -0.4 is 27.3 Å². The third-order valence-electron chi connectivity index (χ3n) is 2.63. The summed E-state index contributed by atoms with van der Waals surface area (Å²) < 4.78 is 5.17. The predicted molar refractivity (Wildman–Crippen MR) is 64.3 cm³/mol. The van der Waals surface area contributed by atoms with Gasteiger partial charge in [0.15, 0.2) is 5.66 Å². The van der Waals surface area contributed by atoms with Crippen LogP contribution >= 0.6 is 0 Å².